The molecule has 0 aliphatic rings. The molecule has 0 aliphatic heterocycles. The van der Waals surface area contributed by atoms with Crippen LogP contribution in [0.5, 0.6) is 11.5 Å². The Morgan fingerprint density at radius 3 is 2.64 bits per heavy atom. The number of hydrogen-bond acceptors (Lipinski definition) is 7. The minimum Gasteiger partial charge on any atom is -0.494 e. The fourth-order valence-corrected chi connectivity index (χ4v) is 3.46. The summed E-state index contributed by atoms with van der Waals surface area (Å²) in [5, 5.41) is 19.3. The Kier molecular flexibility index (Phi) is 5.90. The van der Waals surface area contributed by atoms with Gasteiger partial charge in [0.15, 0.2) is 18.2 Å². The van der Waals surface area contributed by atoms with Gasteiger partial charge >= 0.3 is 5.69 Å². The summed E-state index contributed by atoms with van der Waals surface area (Å²) in [5.41, 5.74) is 2.11. The van der Waals surface area contributed by atoms with Crippen LogP contribution in [-0.4, -0.2) is 39.3 Å². The third-order valence-electron chi connectivity index (χ3n) is 4.95. The monoisotopic (exact) mass is 447 g/mol. The Balaban J connectivity index is 1.60. The number of benzene rings is 2. The highest BCUT2D eigenvalue weighted by Crippen LogP contribution is 2.29. The largest absolute Gasteiger partial charge is 0.494 e. The van der Waals surface area contributed by atoms with Gasteiger partial charge in [0.1, 0.15) is 17.1 Å². The molecule has 0 saturated carbocycles. The summed E-state index contributed by atoms with van der Waals surface area (Å²) in [6, 6.07) is 15.1. The van der Waals surface area contributed by atoms with Gasteiger partial charge in [-0.3, -0.25) is 14.9 Å². The number of nitrogens with one attached hydrogen (secondary N) is 1. The fraction of sp³-hybridized carbons (Fsp3) is 0.174. The molecule has 0 spiro atoms. The van der Waals surface area contributed by atoms with Crippen LogP contribution < -0.4 is 14.8 Å². The molecule has 0 bridgehead atoms. The van der Waals surface area contributed by atoms with E-state index in [1.54, 1.807) is 26.2 Å². The Bertz CT molecular complexity index is 1360. The van der Waals surface area contributed by atoms with E-state index >= 15 is 0 Å². The van der Waals surface area contributed by atoms with Crippen molar-refractivity contribution in [3.8, 4) is 17.3 Å². The Hall–Kier alpha value is -4.47. The Morgan fingerprint density at radius 2 is 1.88 bits per heavy atom. The number of nitro benzene ring substituents is 1. The van der Waals surface area contributed by atoms with E-state index in [1.807, 2.05) is 31.2 Å². The molecule has 0 unspecified atom stereocenters. The number of aromatic nitrogens is 3. The molecule has 10 nitrogen and oxygen atoms in total. The average Bonchev–Trinajstić information content (AvgIpc) is 3.17. The van der Waals surface area contributed by atoms with E-state index in [0.29, 0.717) is 28.6 Å². The maximum atomic E-state index is 12.6. The molecule has 1 N–H and O–H groups in total. The second kappa shape index (κ2) is 8.95. The second-order valence-electron chi connectivity index (χ2n) is 7.30. The Labute approximate surface area is 188 Å². The molecule has 2 heterocycles. The number of nitrogens with zero attached hydrogens (tertiary/aromatic N) is 4. The molecule has 2 aromatic carbocycles. The third-order valence-corrected chi connectivity index (χ3v) is 4.95. The lowest BCUT2D eigenvalue weighted by Gasteiger charge is -2.12. The van der Waals surface area contributed by atoms with Gasteiger partial charge < -0.3 is 14.8 Å². The van der Waals surface area contributed by atoms with Gasteiger partial charge in [-0.25, -0.2) is 4.98 Å². The zero-order valence-corrected chi connectivity index (χ0v) is 18.2. The lowest BCUT2D eigenvalue weighted by molar-refractivity contribution is -0.385. The number of rotatable bonds is 7. The van der Waals surface area contributed by atoms with Crippen LogP contribution in [0.15, 0.2) is 54.6 Å². The summed E-state index contributed by atoms with van der Waals surface area (Å²) in [7, 11) is 1.58. The third kappa shape index (κ3) is 4.45. The van der Waals surface area contributed by atoms with Crippen molar-refractivity contribution in [2.24, 2.45) is 0 Å². The molecule has 0 radical (unpaired) electrons. The topological polar surface area (TPSA) is 121 Å². The van der Waals surface area contributed by atoms with Gasteiger partial charge in [-0.2, -0.15) is 9.78 Å². The molecule has 33 heavy (non-hydrogen) atoms. The Morgan fingerprint density at radius 1 is 1.12 bits per heavy atom. The molecule has 0 saturated heterocycles. The number of pyridine rings is 1. The number of nitro groups is 1. The molecule has 4 rings (SSSR count). The number of fused-ring (bicyclic) bond motifs is 1. The lowest BCUT2D eigenvalue weighted by Crippen LogP contribution is -2.22. The van der Waals surface area contributed by atoms with E-state index in [0.717, 1.165) is 10.9 Å². The van der Waals surface area contributed by atoms with Gasteiger partial charge in [0.2, 0.25) is 0 Å². The molecule has 0 atom stereocenters. The van der Waals surface area contributed by atoms with E-state index in [-0.39, 0.29) is 11.4 Å². The quantitative estimate of drug-likeness (QED) is 0.336. The number of aryl methyl sites for hydroxylation is 2. The van der Waals surface area contributed by atoms with Gasteiger partial charge in [-0.15, -0.1) is 0 Å². The normalized spacial score (nSPS) is 10.8. The number of anilines is 1. The lowest BCUT2D eigenvalue weighted by atomic mass is 10.1. The average molecular weight is 447 g/mol. The van der Waals surface area contributed by atoms with Gasteiger partial charge in [-0.1, -0.05) is 24.3 Å². The highest BCUT2D eigenvalue weighted by Gasteiger charge is 2.17. The van der Waals surface area contributed by atoms with Crippen LogP contribution in [0.2, 0.25) is 0 Å². The fourth-order valence-electron chi connectivity index (χ4n) is 3.46. The summed E-state index contributed by atoms with van der Waals surface area (Å²) in [6.45, 7) is 3.35. The first-order valence-corrected chi connectivity index (χ1v) is 10.0. The number of amides is 1. The van der Waals surface area contributed by atoms with Crippen LogP contribution in [0.4, 0.5) is 11.5 Å². The van der Waals surface area contributed by atoms with Crippen LogP contribution in [0.25, 0.3) is 16.7 Å². The smallest absolute Gasteiger partial charge is 0.310 e. The molecular formula is C23H21N5O5. The van der Waals surface area contributed by atoms with Crippen molar-refractivity contribution in [1.82, 2.24) is 14.8 Å². The zero-order valence-electron chi connectivity index (χ0n) is 18.2. The first kappa shape index (κ1) is 21.8. The van der Waals surface area contributed by atoms with Crippen molar-refractivity contribution in [2.75, 3.05) is 19.0 Å². The number of para-hydroxylation sites is 3. The summed E-state index contributed by atoms with van der Waals surface area (Å²) in [6.07, 6.45) is 0. The molecule has 10 heteroatoms. The predicted molar refractivity (Wildman–Crippen MR) is 122 cm³/mol. The van der Waals surface area contributed by atoms with Gasteiger partial charge in [0, 0.05) is 17.5 Å². The minimum atomic E-state index is -0.562. The molecule has 4 aromatic rings. The molecule has 0 aliphatic carbocycles. The van der Waals surface area contributed by atoms with Crippen LogP contribution in [0.1, 0.15) is 11.3 Å². The van der Waals surface area contributed by atoms with E-state index in [4.69, 9.17) is 14.5 Å². The molecule has 2 aromatic heterocycles. The van der Waals surface area contributed by atoms with Crippen molar-refractivity contribution >= 4 is 28.3 Å². The maximum Gasteiger partial charge on any atom is 0.310 e. The number of methoxy groups -OCH3 is 1. The number of hydrogen-bond donors (Lipinski definition) is 1. The van der Waals surface area contributed by atoms with Crippen LogP contribution in [-0.2, 0) is 4.79 Å². The molecular weight excluding hydrogens is 426 g/mol. The minimum absolute atomic E-state index is 0.0150. The van der Waals surface area contributed by atoms with Gasteiger partial charge in [0.05, 0.1) is 17.7 Å². The number of carbonyl (C=O) groups is 1. The molecule has 0 fully saturated rings. The zero-order chi connectivity index (χ0) is 23.5. The highest BCUT2D eigenvalue weighted by molar-refractivity contribution is 5.92. The van der Waals surface area contributed by atoms with Crippen molar-refractivity contribution < 1.29 is 19.2 Å². The van der Waals surface area contributed by atoms with Crippen LogP contribution in [0, 0.1) is 24.0 Å². The predicted octanol–water partition coefficient (Wildman–Crippen LogP) is 3.97. The maximum absolute atomic E-state index is 12.6. The van der Waals surface area contributed by atoms with E-state index < -0.39 is 17.4 Å². The highest BCUT2D eigenvalue weighted by atomic mass is 16.6. The van der Waals surface area contributed by atoms with E-state index in [9.17, 15) is 14.9 Å². The summed E-state index contributed by atoms with van der Waals surface area (Å²) in [4.78, 5) is 27.8. The summed E-state index contributed by atoms with van der Waals surface area (Å²) >= 11 is 0. The second-order valence-corrected chi connectivity index (χ2v) is 7.30. The van der Waals surface area contributed by atoms with Gasteiger partial charge in [-0.05, 0) is 37.6 Å². The van der Waals surface area contributed by atoms with Crippen LogP contribution >= 0.6 is 0 Å². The first-order valence-electron chi connectivity index (χ1n) is 10.0. The van der Waals surface area contributed by atoms with Crippen molar-refractivity contribution in [3.05, 3.63) is 76.0 Å². The number of ether oxygens (including phenoxy) is 2. The van der Waals surface area contributed by atoms with E-state index in [2.05, 4.69) is 10.4 Å². The number of carbonyl (C=O) groups excluding carboxylic acids is 1. The standard InChI is InChI=1S/C23H21N5O5/c1-14-11-20(25-23-16(14)7-6-10-19(23)32-3)27-21(12-15(2)26-27)24-22(29)13-33-18-9-5-4-8-17(18)28(30)31/h4-12H,13H2,1-3H3,(H,24,29). The van der Waals surface area contributed by atoms with Crippen molar-refractivity contribution in [2.45, 2.75) is 13.8 Å². The van der Waals surface area contributed by atoms with Gasteiger partial charge in [0.25, 0.3) is 5.91 Å². The SMILES string of the molecule is COc1cccc2c(C)cc(-n3nc(C)cc3NC(=O)COc3ccccc3[N+](=O)[O-])nc12. The summed E-state index contributed by atoms with van der Waals surface area (Å²) < 4.78 is 12.3. The van der Waals surface area contributed by atoms with Crippen molar-refractivity contribution in [1.29, 1.82) is 0 Å². The van der Waals surface area contributed by atoms with Crippen molar-refractivity contribution in [3.63, 3.8) is 0 Å². The molecule has 168 valence electrons. The summed E-state index contributed by atoms with van der Waals surface area (Å²) in [5.74, 6) is 1.05. The van der Waals surface area contributed by atoms with Crippen LogP contribution in [0.3, 0.4) is 0 Å². The van der Waals surface area contributed by atoms with E-state index in [1.165, 1.54) is 22.9 Å². The molecule has 1 amide bonds. The first-order chi connectivity index (χ1) is 15.9.